The van der Waals surface area contributed by atoms with Gasteiger partial charge in [-0.2, -0.15) is 8.42 Å². The number of carbonyl (C=O) groups is 1. The minimum absolute atomic E-state index is 0.0861. The number of thiazole rings is 1. The molecule has 3 heterocycles. The van der Waals surface area contributed by atoms with Gasteiger partial charge in [0.1, 0.15) is 17.3 Å². The van der Waals surface area contributed by atoms with Gasteiger partial charge in [-0.1, -0.05) is 18.7 Å². The fourth-order valence-electron chi connectivity index (χ4n) is 3.07. The van der Waals surface area contributed by atoms with Crippen molar-refractivity contribution in [2.75, 3.05) is 19.4 Å². The minimum atomic E-state index is -3.61. The van der Waals surface area contributed by atoms with E-state index in [9.17, 15) is 13.2 Å². The summed E-state index contributed by atoms with van der Waals surface area (Å²) in [5.74, 6) is 0.873. The molecule has 1 fully saturated rings. The highest BCUT2D eigenvalue weighted by atomic mass is 32.2. The Balaban J connectivity index is 1.81. The molecular weight excluding hydrogens is 390 g/mol. The van der Waals surface area contributed by atoms with Gasteiger partial charge < -0.3 is 4.74 Å². The van der Waals surface area contributed by atoms with Crippen LogP contribution in [0.25, 0.3) is 10.9 Å². The molecule has 2 unspecified atom stereocenters. The molecule has 2 aromatic rings. The Bertz CT molecular complexity index is 976. The second-order valence-corrected chi connectivity index (χ2v) is 8.73. The zero-order chi connectivity index (χ0) is 19.6. The molecule has 0 aliphatic carbocycles. The monoisotopic (exact) mass is 411 g/mol. The van der Waals surface area contributed by atoms with Crippen LogP contribution < -0.4 is 0 Å². The highest BCUT2D eigenvalue weighted by molar-refractivity contribution is 7.86. The molecule has 146 valence electrons. The second kappa shape index (κ2) is 7.83. The number of hydrogen-bond donors (Lipinski definition) is 0. The van der Waals surface area contributed by atoms with E-state index < -0.39 is 22.3 Å². The van der Waals surface area contributed by atoms with Crippen LogP contribution in [-0.4, -0.2) is 60.3 Å². The van der Waals surface area contributed by atoms with Gasteiger partial charge in [0.05, 0.1) is 36.8 Å². The maximum atomic E-state index is 12.3. The van der Waals surface area contributed by atoms with Crippen molar-refractivity contribution >= 4 is 38.5 Å². The summed E-state index contributed by atoms with van der Waals surface area (Å²) < 4.78 is 35.1. The van der Waals surface area contributed by atoms with E-state index in [1.54, 1.807) is 11.3 Å². The minimum Gasteiger partial charge on any atom is -0.445 e. The number of carbonyl (C=O) groups excluding carboxylic acids is 1. The highest BCUT2D eigenvalue weighted by Gasteiger charge is 2.37. The van der Waals surface area contributed by atoms with E-state index in [4.69, 9.17) is 8.92 Å². The molecular formula is C17H21N3O5S2. The number of nitrogens with zero attached hydrogens (tertiary/aromatic N) is 3. The molecule has 2 aromatic heterocycles. The van der Waals surface area contributed by atoms with Gasteiger partial charge in [0.25, 0.3) is 10.1 Å². The largest absolute Gasteiger partial charge is 0.445 e. The summed E-state index contributed by atoms with van der Waals surface area (Å²) >= 11 is 1.57. The van der Waals surface area contributed by atoms with Crippen molar-refractivity contribution in [3.8, 4) is 0 Å². The van der Waals surface area contributed by atoms with Crippen molar-refractivity contribution in [1.29, 1.82) is 0 Å². The number of fused-ring (bicyclic) bond motifs is 1. The fourth-order valence-corrected chi connectivity index (χ4v) is 4.58. The van der Waals surface area contributed by atoms with Gasteiger partial charge >= 0.3 is 6.09 Å². The molecule has 1 aliphatic rings. The average Bonchev–Trinajstić information content (AvgIpc) is 3.26. The third kappa shape index (κ3) is 4.57. The van der Waals surface area contributed by atoms with Gasteiger partial charge in [-0.3, -0.25) is 13.5 Å². The second-order valence-electron chi connectivity index (χ2n) is 6.24. The van der Waals surface area contributed by atoms with Gasteiger partial charge in [-0.05, 0) is 13.0 Å². The SMILES string of the molecule is C=CCOC(=O)N1CC(OS(C)(=O)=O)CC1C=Cc1csc2cnc(C)n12. The van der Waals surface area contributed by atoms with E-state index in [1.807, 2.05) is 35.1 Å². The topological polar surface area (TPSA) is 90.2 Å². The summed E-state index contributed by atoms with van der Waals surface area (Å²) in [6.07, 6.45) is 7.28. The summed E-state index contributed by atoms with van der Waals surface area (Å²) in [4.78, 5) is 19.1. The Morgan fingerprint density at radius 1 is 1.52 bits per heavy atom. The molecule has 8 nitrogen and oxygen atoms in total. The lowest BCUT2D eigenvalue weighted by Gasteiger charge is -2.20. The lowest BCUT2D eigenvalue weighted by Crippen LogP contribution is -2.35. The van der Waals surface area contributed by atoms with Crippen LogP contribution in [0.1, 0.15) is 17.9 Å². The van der Waals surface area contributed by atoms with Gasteiger partial charge in [0, 0.05) is 11.8 Å². The first-order chi connectivity index (χ1) is 12.8. The Hall–Kier alpha value is -2.17. The van der Waals surface area contributed by atoms with Crippen molar-refractivity contribution in [1.82, 2.24) is 14.3 Å². The summed E-state index contributed by atoms with van der Waals surface area (Å²) in [6, 6.07) is -0.340. The number of likely N-dealkylation sites (tertiary alicyclic amines) is 1. The molecule has 0 saturated carbocycles. The van der Waals surface area contributed by atoms with Gasteiger partial charge in [0.2, 0.25) is 0 Å². The molecule has 2 atom stereocenters. The fraction of sp³-hybridized carbons (Fsp3) is 0.412. The van der Waals surface area contributed by atoms with Crippen LogP contribution in [0.2, 0.25) is 0 Å². The predicted octanol–water partition coefficient (Wildman–Crippen LogP) is 2.46. The Morgan fingerprint density at radius 3 is 3.00 bits per heavy atom. The Labute approximate surface area is 161 Å². The molecule has 1 amide bonds. The molecule has 0 spiro atoms. The first-order valence-electron chi connectivity index (χ1n) is 8.31. The van der Waals surface area contributed by atoms with E-state index in [2.05, 4.69) is 11.6 Å². The van der Waals surface area contributed by atoms with Gasteiger partial charge in [0.15, 0.2) is 0 Å². The van der Waals surface area contributed by atoms with Crippen LogP contribution in [-0.2, 0) is 19.0 Å². The summed E-state index contributed by atoms with van der Waals surface area (Å²) in [5, 5.41) is 2.00. The van der Waals surface area contributed by atoms with Crippen molar-refractivity contribution in [2.45, 2.75) is 25.5 Å². The number of aryl methyl sites for hydroxylation is 1. The molecule has 1 saturated heterocycles. The third-order valence-corrected chi connectivity index (χ3v) is 5.64. The standard InChI is InChI=1S/C17H21N3O5S2/c1-4-7-24-17(21)19-10-15(25-27(3,22)23)8-13(19)5-6-14-11-26-16-9-18-12(2)20(14)16/h4-6,9,11,13,15H,1,7-8,10H2,2-3H3. The van der Waals surface area contributed by atoms with Gasteiger partial charge in [-0.15, -0.1) is 11.3 Å². The number of rotatable bonds is 6. The third-order valence-electron chi connectivity index (χ3n) is 4.13. The first-order valence-corrected chi connectivity index (χ1v) is 11.0. The van der Waals surface area contributed by atoms with E-state index in [0.29, 0.717) is 6.42 Å². The number of aromatic nitrogens is 2. The zero-order valence-corrected chi connectivity index (χ0v) is 16.7. The first kappa shape index (κ1) is 19.6. The molecule has 10 heteroatoms. The van der Waals surface area contributed by atoms with E-state index in [1.165, 1.54) is 11.0 Å². The number of hydrogen-bond acceptors (Lipinski definition) is 7. The zero-order valence-electron chi connectivity index (χ0n) is 15.1. The Kier molecular flexibility index (Phi) is 5.68. The van der Waals surface area contributed by atoms with Crippen LogP contribution in [0.5, 0.6) is 0 Å². The van der Waals surface area contributed by atoms with Crippen molar-refractivity contribution < 1.29 is 22.1 Å². The number of imidazole rings is 1. The van der Waals surface area contributed by atoms with Crippen LogP contribution in [0.4, 0.5) is 4.79 Å². The van der Waals surface area contributed by atoms with Crippen LogP contribution in [0.3, 0.4) is 0 Å². The Morgan fingerprint density at radius 2 is 2.30 bits per heavy atom. The van der Waals surface area contributed by atoms with Crippen molar-refractivity contribution in [3.63, 3.8) is 0 Å². The van der Waals surface area contributed by atoms with E-state index >= 15 is 0 Å². The molecule has 0 radical (unpaired) electrons. The smallest absolute Gasteiger partial charge is 0.410 e. The number of ether oxygens (including phenoxy) is 1. The van der Waals surface area contributed by atoms with E-state index in [0.717, 1.165) is 22.6 Å². The quantitative estimate of drug-likeness (QED) is 0.536. The lowest BCUT2D eigenvalue weighted by atomic mass is 10.2. The van der Waals surface area contributed by atoms with Crippen LogP contribution in [0, 0.1) is 6.92 Å². The maximum Gasteiger partial charge on any atom is 0.410 e. The molecule has 3 rings (SSSR count). The molecule has 0 bridgehead atoms. The molecule has 27 heavy (non-hydrogen) atoms. The maximum absolute atomic E-state index is 12.3. The highest BCUT2D eigenvalue weighted by Crippen LogP contribution is 2.25. The van der Waals surface area contributed by atoms with E-state index in [-0.39, 0.29) is 19.2 Å². The summed E-state index contributed by atoms with van der Waals surface area (Å²) in [7, 11) is -3.61. The normalized spacial score (nSPS) is 20.6. The summed E-state index contributed by atoms with van der Waals surface area (Å²) in [6.45, 7) is 5.67. The number of amides is 1. The van der Waals surface area contributed by atoms with Crippen molar-refractivity contribution in [2.24, 2.45) is 0 Å². The van der Waals surface area contributed by atoms with Gasteiger partial charge in [-0.25, -0.2) is 9.78 Å². The molecule has 0 aromatic carbocycles. The molecule has 0 N–H and O–H groups in total. The summed E-state index contributed by atoms with van der Waals surface area (Å²) in [5.41, 5.74) is 0.942. The van der Waals surface area contributed by atoms with Crippen LogP contribution >= 0.6 is 11.3 Å². The van der Waals surface area contributed by atoms with Crippen molar-refractivity contribution in [3.05, 3.63) is 41.8 Å². The predicted molar refractivity (Wildman–Crippen MR) is 103 cm³/mol. The molecule has 1 aliphatic heterocycles. The van der Waals surface area contributed by atoms with Crippen LogP contribution in [0.15, 0.2) is 30.3 Å². The average molecular weight is 412 g/mol. The lowest BCUT2D eigenvalue weighted by molar-refractivity contribution is 0.109.